The van der Waals surface area contributed by atoms with Crippen LogP contribution in [0.2, 0.25) is 0 Å². The standard InChI is InChI=1S/C15H22BrNO/c1-3-17-10-12-5-4-8-18-15(12)13-7-6-11(2)9-14(13)16/h6-7,9,12,15,17H,3-5,8,10H2,1-2H3. The van der Waals surface area contributed by atoms with Gasteiger partial charge in [-0.1, -0.05) is 35.0 Å². The summed E-state index contributed by atoms with van der Waals surface area (Å²) in [5, 5.41) is 3.45. The van der Waals surface area contributed by atoms with Gasteiger partial charge in [0.2, 0.25) is 0 Å². The summed E-state index contributed by atoms with van der Waals surface area (Å²) in [6.07, 6.45) is 2.65. The Labute approximate surface area is 118 Å². The Morgan fingerprint density at radius 1 is 1.44 bits per heavy atom. The molecule has 0 aromatic heterocycles. The van der Waals surface area contributed by atoms with E-state index in [0.717, 1.165) is 19.7 Å². The molecular weight excluding hydrogens is 290 g/mol. The monoisotopic (exact) mass is 311 g/mol. The van der Waals surface area contributed by atoms with Crippen LogP contribution in [0.1, 0.15) is 37.0 Å². The Bertz CT molecular complexity index is 394. The van der Waals surface area contributed by atoms with E-state index in [1.807, 2.05) is 0 Å². The fourth-order valence-electron chi connectivity index (χ4n) is 2.59. The number of rotatable bonds is 4. The second-order valence-electron chi connectivity index (χ2n) is 5.03. The molecule has 1 aliphatic rings. The summed E-state index contributed by atoms with van der Waals surface area (Å²) in [6.45, 7) is 7.22. The Morgan fingerprint density at radius 2 is 2.28 bits per heavy atom. The zero-order valence-electron chi connectivity index (χ0n) is 11.2. The first-order valence-corrected chi connectivity index (χ1v) is 7.60. The maximum absolute atomic E-state index is 6.02. The van der Waals surface area contributed by atoms with Crippen molar-refractivity contribution in [2.75, 3.05) is 19.7 Å². The summed E-state index contributed by atoms with van der Waals surface area (Å²) < 4.78 is 7.20. The van der Waals surface area contributed by atoms with Gasteiger partial charge in [-0.25, -0.2) is 0 Å². The molecule has 1 aromatic carbocycles. The highest BCUT2D eigenvalue weighted by atomic mass is 79.9. The normalized spacial score (nSPS) is 24.2. The number of aryl methyl sites for hydroxylation is 1. The van der Waals surface area contributed by atoms with Crippen molar-refractivity contribution >= 4 is 15.9 Å². The Morgan fingerprint density at radius 3 is 3.00 bits per heavy atom. The third-order valence-corrected chi connectivity index (χ3v) is 4.25. The van der Waals surface area contributed by atoms with E-state index in [9.17, 15) is 0 Å². The summed E-state index contributed by atoms with van der Waals surface area (Å²) in [5.41, 5.74) is 2.58. The van der Waals surface area contributed by atoms with Crippen molar-refractivity contribution in [1.82, 2.24) is 5.32 Å². The van der Waals surface area contributed by atoms with Gasteiger partial charge >= 0.3 is 0 Å². The van der Waals surface area contributed by atoms with Crippen molar-refractivity contribution < 1.29 is 4.74 Å². The van der Waals surface area contributed by atoms with E-state index in [2.05, 4.69) is 53.3 Å². The number of hydrogen-bond donors (Lipinski definition) is 1. The molecule has 2 atom stereocenters. The van der Waals surface area contributed by atoms with Gasteiger partial charge in [-0.05, 0) is 43.5 Å². The molecule has 0 radical (unpaired) electrons. The molecule has 1 heterocycles. The number of benzene rings is 1. The number of halogens is 1. The van der Waals surface area contributed by atoms with E-state index in [1.54, 1.807) is 0 Å². The minimum Gasteiger partial charge on any atom is -0.373 e. The molecule has 0 bridgehead atoms. The van der Waals surface area contributed by atoms with Gasteiger partial charge in [0, 0.05) is 23.5 Å². The lowest BCUT2D eigenvalue weighted by atomic mass is 9.89. The maximum atomic E-state index is 6.02. The van der Waals surface area contributed by atoms with Gasteiger partial charge < -0.3 is 10.1 Å². The van der Waals surface area contributed by atoms with Crippen molar-refractivity contribution in [2.24, 2.45) is 5.92 Å². The van der Waals surface area contributed by atoms with Gasteiger partial charge in [-0.15, -0.1) is 0 Å². The summed E-state index contributed by atoms with van der Waals surface area (Å²) in [6, 6.07) is 6.55. The van der Waals surface area contributed by atoms with Crippen LogP contribution in [0.25, 0.3) is 0 Å². The largest absolute Gasteiger partial charge is 0.373 e. The molecule has 0 aliphatic carbocycles. The van der Waals surface area contributed by atoms with Crippen molar-refractivity contribution in [3.8, 4) is 0 Å². The minimum absolute atomic E-state index is 0.229. The zero-order valence-corrected chi connectivity index (χ0v) is 12.8. The zero-order chi connectivity index (χ0) is 13.0. The van der Waals surface area contributed by atoms with Crippen molar-refractivity contribution in [3.63, 3.8) is 0 Å². The minimum atomic E-state index is 0.229. The van der Waals surface area contributed by atoms with Gasteiger partial charge in [0.25, 0.3) is 0 Å². The fourth-order valence-corrected chi connectivity index (χ4v) is 3.31. The molecule has 1 fully saturated rings. The lowest BCUT2D eigenvalue weighted by Crippen LogP contribution is -2.32. The van der Waals surface area contributed by atoms with Crippen LogP contribution in [0.4, 0.5) is 0 Å². The molecule has 100 valence electrons. The fraction of sp³-hybridized carbons (Fsp3) is 0.600. The molecule has 1 N–H and O–H groups in total. The molecule has 2 rings (SSSR count). The summed E-state index contributed by atoms with van der Waals surface area (Å²) >= 11 is 3.68. The first kappa shape index (κ1) is 14.0. The molecule has 0 saturated carbocycles. The molecule has 1 saturated heterocycles. The van der Waals surface area contributed by atoms with Gasteiger partial charge in [-0.3, -0.25) is 0 Å². The van der Waals surface area contributed by atoms with E-state index in [-0.39, 0.29) is 6.10 Å². The molecule has 0 amide bonds. The van der Waals surface area contributed by atoms with Gasteiger partial charge in [-0.2, -0.15) is 0 Å². The second kappa shape index (κ2) is 6.69. The van der Waals surface area contributed by atoms with Gasteiger partial charge in [0.05, 0.1) is 6.10 Å². The first-order chi connectivity index (χ1) is 8.72. The molecule has 1 aromatic rings. The molecule has 18 heavy (non-hydrogen) atoms. The molecule has 3 heteroatoms. The predicted octanol–water partition coefficient (Wildman–Crippen LogP) is 3.83. The van der Waals surface area contributed by atoms with E-state index in [0.29, 0.717) is 5.92 Å². The highest BCUT2D eigenvalue weighted by Gasteiger charge is 2.28. The van der Waals surface area contributed by atoms with Crippen molar-refractivity contribution in [2.45, 2.75) is 32.8 Å². The van der Waals surface area contributed by atoms with Crippen LogP contribution >= 0.6 is 15.9 Å². The highest BCUT2D eigenvalue weighted by Crippen LogP contribution is 2.37. The smallest absolute Gasteiger partial charge is 0.0876 e. The Hall–Kier alpha value is -0.380. The van der Waals surface area contributed by atoms with E-state index in [4.69, 9.17) is 4.74 Å². The number of hydrogen-bond acceptors (Lipinski definition) is 2. The molecule has 1 aliphatic heterocycles. The average Bonchev–Trinajstić information content (AvgIpc) is 2.37. The Balaban J connectivity index is 2.16. The van der Waals surface area contributed by atoms with Crippen LogP contribution in [0.15, 0.2) is 22.7 Å². The summed E-state index contributed by atoms with van der Waals surface area (Å²) in [7, 11) is 0. The van der Waals surface area contributed by atoms with Gasteiger partial charge in [0.1, 0.15) is 0 Å². The number of ether oxygens (including phenoxy) is 1. The van der Waals surface area contributed by atoms with Crippen LogP contribution < -0.4 is 5.32 Å². The van der Waals surface area contributed by atoms with E-state index in [1.165, 1.54) is 28.4 Å². The van der Waals surface area contributed by atoms with Crippen LogP contribution in [-0.4, -0.2) is 19.7 Å². The summed E-state index contributed by atoms with van der Waals surface area (Å²) in [5.74, 6) is 0.581. The third-order valence-electron chi connectivity index (χ3n) is 3.56. The Kier molecular flexibility index (Phi) is 5.22. The van der Waals surface area contributed by atoms with E-state index < -0.39 is 0 Å². The lowest BCUT2D eigenvalue weighted by molar-refractivity contribution is -0.0280. The molecule has 2 nitrogen and oxygen atoms in total. The molecule has 2 unspecified atom stereocenters. The van der Waals surface area contributed by atoms with Crippen molar-refractivity contribution in [3.05, 3.63) is 33.8 Å². The highest BCUT2D eigenvalue weighted by molar-refractivity contribution is 9.10. The van der Waals surface area contributed by atoms with Crippen LogP contribution in [0.5, 0.6) is 0 Å². The topological polar surface area (TPSA) is 21.3 Å². The number of nitrogens with one attached hydrogen (secondary N) is 1. The van der Waals surface area contributed by atoms with Crippen LogP contribution in [-0.2, 0) is 4.74 Å². The average molecular weight is 312 g/mol. The summed E-state index contributed by atoms with van der Waals surface area (Å²) in [4.78, 5) is 0. The predicted molar refractivity (Wildman–Crippen MR) is 78.8 cm³/mol. The molecule has 0 spiro atoms. The van der Waals surface area contributed by atoms with Gasteiger partial charge in [0.15, 0.2) is 0 Å². The quantitative estimate of drug-likeness (QED) is 0.912. The third kappa shape index (κ3) is 3.34. The van der Waals surface area contributed by atoms with Crippen molar-refractivity contribution in [1.29, 1.82) is 0 Å². The lowest BCUT2D eigenvalue weighted by Gasteiger charge is -2.33. The van der Waals surface area contributed by atoms with Crippen LogP contribution in [0, 0.1) is 12.8 Å². The second-order valence-corrected chi connectivity index (χ2v) is 5.88. The van der Waals surface area contributed by atoms with Crippen LogP contribution in [0.3, 0.4) is 0 Å². The SMILES string of the molecule is CCNCC1CCCOC1c1ccc(C)cc1Br. The molecular formula is C15H22BrNO. The first-order valence-electron chi connectivity index (χ1n) is 6.80. The maximum Gasteiger partial charge on any atom is 0.0876 e. The van der Waals surface area contributed by atoms with E-state index >= 15 is 0 Å².